The number of aromatic hydroxyl groups is 1. The highest BCUT2D eigenvalue weighted by molar-refractivity contribution is 5.82. The molecule has 0 spiro atoms. The maximum atomic E-state index is 14.3. The zero-order valence-corrected chi connectivity index (χ0v) is 13.5. The van der Waals surface area contributed by atoms with E-state index in [-0.39, 0.29) is 17.1 Å². The Bertz CT molecular complexity index is 970. The Labute approximate surface area is 144 Å². The van der Waals surface area contributed by atoms with Gasteiger partial charge in [0.1, 0.15) is 34.7 Å². The van der Waals surface area contributed by atoms with Crippen LogP contribution in [0.3, 0.4) is 0 Å². The largest absolute Gasteiger partial charge is 0.508 e. The van der Waals surface area contributed by atoms with Crippen molar-refractivity contribution in [3.05, 3.63) is 59.0 Å². The molecule has 0 aliphatic rings. The van der Waals surface area contributed by atoms with Crippen LogP contribution < -0.4 is 5.32 Å². The van der Waals surface area contributed by atoms with Crippen molar-refractivity contribution in [2.45, 2.75) is 6.92 Å². The molecule has 0 aliphatic carbocycles. The third-order valence-electron chi connectivity index (χ3n) is 3.75. The van der Waals surface area contributed by atoms with E-state index in [9.17, 15) is 27.1 Å². The first-order chi connectivity index (χ1) is 12.2. The Morgan fingerprint density at radius 3 is 1.96 bits per heavy atom. The summed E-state index contributed by atoms with van der Waals surface area (Å²) in [4.78, 5) is 0. The second-order valence-electron chi connectivity index (χ2n) is 5.59. The lowest BCUT2D eigenvalue weighted by Gasteiger charge is -2.13. The molecule has 0 unspecified atom stereocenters. The molecule has 0 bridgehead atoms. The number of anilines is 2. The van der Waals surface area contributed by atoms with Crippen molar-refractivity contribution >= 4 is 11.5 Å². The monoisotopic (exact) mass is 369 g/mol. The van der Waals surface area contributed by atoms with Crippen molar-refractivity contribution in [1.82, 2.24) is 9.78 Å². The molecular weight excluding hydrogens is 357 g/mol. The van der Waals surface area contributed by atoms with Crippen LogP contribution in [0.25, 0.3) is 11.1 Å². The number of rotatable bonds is 3. The summed E-state index contributed by atoms with van der Waals surface area (Å²) < 4.78 is 70.6. The van der Waals surface area contributed by atoms with Crippen LogP contribution in [0.4, 0.5) is 33.5 Å². The molecule has 0 fully saturated rings. The Hall–Kier alpha value is -3.10. The van der Waals surface area contributed by atoms with E-state index < -0.39 is 46.1 Å². The van der Waals surface area contributed by atoms with E-state index in [4.69, 9.17) is 0 Å². The van der Waals surface area contributed by atoms with Gasteiger partial charge < -0.3 is 10.4 Å². The molecule has 4 nitrogen and oxygen atoms in total. The number of phenolic OH excluding ortho intramolecular Hbond substituents is 1. The zero-order chi connectivity index (χ0) is 19.2. The molecule has 136 valence electrons. The minimum Gasteiger partial charge on any atom is -0.508 e. The SMILES string of the molecule is Cc1nn(C)c(Nc2c(F)cc(F)cc2F)c1-c1c(F)cc(O)cc1F. The minimum atomic E-state index is -1.22. The quantitative estimate of drug-likeness (QED) is 0.667. The van der Waals surface area contributed by atoms with Gasteiger partial charge in [-0.05, 0) is 6.92 Å². The molecular formula is C17H12F5N3O. The predicted molar refractivity (Wildman–Crippen MR) is 84.6 cm³/mol. The van der Waals surface area contributed by atoms with Crippen molar-refractivity contribution < 1.29 is 27.1 Å². The molecule has 0 aliphatic heterocycles. The molecule has 2 aromatic carbocycles. The standard InChI is InChI=1S/C17H12F5N3O/c1-7-14(15-10(19)5-9(26)6-11(15)20)17(25(2)24-7)23-16-12(21)3-8(18)4-13(16)22/h3-6,23,26H,1-2H3. The lowest BCUT2D eigenvalue weighted by molar-refractivity contribution is 0.461. The summed E-state index contributed by atoms with van der Waals surface area (Å²) in [6, 6.07) is 2.34. The molecule has 1 heterocycles. The highest BCUT2D eigenvalue weighted by Gasteiger charge is 2.24. The van der Waals surface area contributed by atoms with E-state index in [1.54, 1.807) is 0 Å². The van der Waals surface area contributed by atoms with Gasteiger partial charge in [-0.15, -0.1) is 0 Å². The second kappa shape index (κ2) is 6.32. The molecule has 26 heavy (non-hydrogen) atoms. The number of hydrogen-bond acceptors (Lipinski definition) is 3. The van der Waals surface area contributed by atoms with E-state index in [2.05, 4.69) is 10.4 Å². The van der Waals surface area contributed by atoms with Gasteiger partial charge in [-0.25, -0.2) is 22.0 Å². The average molecular weight is 369 g/mol. The maximum absolute atomic E-state index is 14.3. The van der Waals surface area contributed by atoms with Crippen molar-refractivity contribution in [3.8, 4) is 16.9 Å². The van der Waals surface area contributed by atoms with Gasteiger partial charge in [0.05, 0.1) is 16.8 Å². The van der Waals surface area contributed by atoms with Crippen LogP contribution in [0.5, 0.6) is 5.75 Å². The van der Waals surface area contributed by atoms with E-state index in [1.165, 1.54) is 14.0 Å². The zero-order valence-electron chi connectivity index (χ0n) is 13.5. The van der Waals surface area contributed by atoms with Crippen LogP contribution in [-0.2, 0) is 7.05 Å². The van der Waals surface area contributed by atoms with Crippen LogP contribution in [0.15, 0.2) is 24.3 Å². The predicted octanol–water partition coefficient (Wildman–Crippen LogP) is 4.54. The summed E-state index contributed by atoms with van der Waals surface area (Å²) >= 11 is 0. The summed E-state index contributed by atoms with van der Waals surface area (Å²) in [5.41, 5.74) is -1.15. The van der Waals surface area contributed by atoms with Gasteiger partial charge in [0.2, 0.25) is 0 Å². The highest BCUT2D eigenvalue weighted by atomic mass is 19.2. The Morgan fingerprint density at radius 1 is 0.885 bits per heavy atom. The lowest BCUT2D eigenvalue weighted by atomic mass is 10.0. The van der Waals surface area contributed by atoms with Crippen molar-refractivity contribution in [2.75, 3.05) is 5.32 Å². The van der Waals surface area contributed by atoms with Gasteiger partial charge in [0.15, 0.2) is 11.6 Å². The fourth-order valence-electron chi connectivity index (χ4n) is 2.68. The summed E-state index contributed by atoms with van der Waals surface area (Å²) in [5.74, 6) is -6.45. The fraction of sp³-hybridized carbons (Fsp3) is 0.118. The van der Waals surface area contributed by atoms with E-state index in [1.807, 2.05) is 0 Å². The molecule has 0 atom stereocenters. The molecule has 9 heteroatoms. The van der Waals surface area contributed by atoms with E-state index in [0.29, 0.717) is 24.3 Å². The molecule has 0 saturated heterocycles. The third kappa shape index (κ3) is 2.96. The number of phenols is 1. The number of benzene rings is 2. The van der Waals surface area contributed by atoms with Crippen LogP contribution >= 0.6 is 0 Å². The summed E-state index contributed by atoms with van der Waals surface area (Å²) in [7, 11) is 1.40. The molecule has 3 aromatic rings. The second-order valence-corrected chi connectivity index (χ2v) is 5.59. The van der Waals surface area contributed by atoms with Crippen molar-refractivity contribution in [2.24, 2.45) is 7.05 Å². The number of aryl methyl sites for hydroxylation is 2. The minimum absolute atomic E-state index is 0.0920. The molecule has 0 saturated carbocycles. The number of halogens is 5. The summed E-state index contributed by atoms with van der Waals surface area (Å²) in [6.07, 6.45) is 0. The van der Waals surface area contributed by atoms with Gasteiger partial charge >= 0.3 is 0 Å². The molecule has 1 aromatic heterocycles. The first kappa shape index (κ1) is 17.7. The smallest absolute Gasteiger partial charge is 0.152 e. The summed E-state index contributed by atoms with van der Waals surface area (Å²) in [6.45, 7) is 1.45. The maximum Gasteiger partial charge on any atom is 0.152 e. The average Bonchev–Trinajstić information content (AvgIpc) is 2.76. The normalized spacial score (nSPS) is 11.0. The Kier molecular flexibility index (Phi) is 4.31. The van der Waals surface area contributed by atoms with Gasteiger partial charge in [0.25, 0.3) is 0 Å². The van der Waals surface area contributed by atoms with Crippen LogP contribution in [0.1, 0.15) is 5.69 Å². The topological polar surface area (TPSA) is 50.1 Å². The number of hydrogen-bond donors (Lipinski definition) is 2. The highest BCUT2D eigenvalue weighted by Crippen LogP contribution is 2.38. The van der Waals surface area contributed by atoms with Gasteiger partial charge in [-0.3, -0.25) is 4.68 Å². The van der Waals surface area contributed by atoms with Crippen LogP contribution in [0.2, 0.25) is 0 Å². The fourth-order valence-corrected chi connectivity index (χ4v) is 2.68. The molecule has 3 rings (SSSR count). The number of nitrogens with zero attached hydrogens (tertiary/aromatic N) is 2. The van der Waals surface area contributed by atoms with E-state index in [0.717, 1.165) is 4.68 Å². The molecule has 0 radical (unpaired) electrons. The van der Waals surface area contributed by atoms with Gasteiger partial charge in [-0.1, -0.05) is 0 Å². The molecule has 2 N–H and O–H groups in total. The summed E-state index contributed by atoms with van der Waals surface area (Å²) in [5, 5.41) is 15.7. The molecule has 0 amide bonds. The first-order valence-corrected chi connectivity index (χ1v) is 7.32. The Balaban J connectivity index is 2.21. The van der Waals surface area contributed by atoms with Crippen LogP contribution in [-0.4, -0.2) is 14.9 Å². The van der Waals surface area contributed by atoms with Crippen molar-refractivity contribution in [1.29, 1.82) is 0 Å². The van der Waals surface area contributed by atoms with Gasteiger partial charge in [-0.2, -0.15) is 5.10 Å². The first-order valence-electron chi connectivity index (χ1n) is 7.32. The lowest BCUT2D eigenvalue weighted by Crippen LogP contribution is -2.05. The van der Waals surface area contributed by atoms with E-state index >= 15 is 0 Å². The van der Waals surface area contributed by atoms with Gasteiger partial charge in [0, 0.05) is 31.3 Å². The van der Waals surface area contributed by atoms with Crippen molar-refractivity contribution in [3.63, 3.8) is 0 Å². The third-order valence-corrected chi connectivity index (χ3v) is 3.75. The number of aromatic nitrogens is 2. The number of nitrogens with one attached hydrogen (secondary N) is 1. The Morgan fingerprint density at radius 2 is 1.42 bits per heavy atom. The van der Waals surface area contributed by atoms with Crippen LogP contribution in [0, 0.1) is 36.0 Å².